The Kier molecular flexibility index (Phi) is 21.8. The molecule has 0 fully saturated rings. The van der Waals surface area contributed by atoms with Crippen LogP contribution in [0.15, 0.2) is 78.9 Å². The van der Waals surface area contributed by atoms with E-state index >= 15 is 0 Å². The molecule has 0 aliphatic carbocycles. The molecule has 0 aromatic heterocycles. The van der Waals surface area contributed by atoms with E-state index in [-0.39, 0.29) is 5.91 Å². The lowest BCUT2D eigenvalue weighted by molar-refractivity contribution is -0.118. The van der Waals surface area contributed by atoms with Crippen LogP contribution in [0.2, 0.25) is 5.02 Å². The standard InChI is InChI=1S/C20H16Cl2.C3H7NO.C3H7NS.CH3Cl.HPS/c1-15-11-13-17(14-12-15)20(22,16-7-3-2-4-8-16)18-9-5-6-10-19(18)21;2*1-3(5)4-2;2*1-2/h2-14H,1H3;2*1-2H3,(H,4,5);1H3;1H. The number of carbonyl (C=O) groups is 1. The van der Waals surface area contributed by atoms with E-state index in [1.54, 1.807) is 7.05 Å². The first-order chi connectivity index (χ1) is 17.2. The van der Waals surface area contributed by atoms with Gasteiger partial charge in [0.05, 0.1) is 4.99 Å². The monoisotopic (exact) mass is 602 g/mol. The van der Waals surface area contributed by atoms with Crippen LogP contribution in [0.3, 0.4) is 0 Å². The van der Waals surface area contributed by atoms with E-state index in [9.17, 15) is 4.79 Å². The van der Waals surface area contributed by atoms with Crippen LogP contribution in [-0.4, -0.2) is 31.4 Å². The lowest BCUT2D eigenvalue weighted by atomic mass is 9.84. The molecule has 0 saturated carbocycles. The van der Waals surface area contributed by atoms with Gasteiger partial charge < -0.3 is 10.6 Å². The van der Waals surface area contributed by atoms with Crippen LogP contribution in [-0.2, 0) is 21.5 Å². The van der Waals surface area contributed by atoms with Gasteiger partial charge in [-0.05, 0) is 39.1 Å². The number of rotatable bonds is 3. The summed E-state index contributed by atoms with van der Waals surface area (Å²) in [5.41, 5.74) is 4.12. The van der Waals surface area contributed by atoms with Crippen molar-refractivity contribution in [2.75, 3.05) is 20.5 Å². The molecule has 1 amide bonds. The Bertz CT molecular complexity index is 1010. The highest BCUT2D eigenvalue weighted by Crippen LogP contribution is 2.45. The van der Waals surface area contributed by atoms with Crippen LogP contribution in [0.1, 0.15) is 36.1 Å². The molecule has 0 aliphatic rings. The van der Waals surface area contributed by atoms with Gasteiger partial charge in [0.15, 0.2) is 0 Å². The number of carbonyl (C=O) groups excluding carboxylic acids is 1. The molecule has 1 atom stereocenters. The number of hydrogen-bond acceptors (Lipinski definition) is 3. The summed E-state index contributed by atoms with van der Waals surface area (Å²) >= 11 is 26.8. The smallest absolute Gasteiger partial charge is 0.216 e. The van der Waals surface area contributed by atoms with Gasteiger partial charge in [-0.2, -0.15) is 0 Å². The van der Waals surface area contributed by atoms with Crippen LogP contribution in [0, 0.1) is 6.92 Å². The summed E-state index contributed by atoms with van der Waals surface area (Å²) in [5, 5.41) is 5.82. The summed E-state index contributed by atoms with van der Waals surface area (Å²) in [4.78, 5) is 9.74. The number of aryl methyl sites for hydroxylation is 1. The van der Waals surface area contributed by atoms with Crippen LogP contribution < -0.4 is 10.6 Å². The first kappa shape index (κ1) is 36.6. The second kappa shape index (κ2) is 21.5. The molecule has 3 aromatic rings. The third-order valence-electron chi connectivity index (χ3n) is 4.57. The Morgan fingerprint density at radius 3 is 1.58 bits per heavy atom. The molecule has 3 rings (SSSR count). The summed E-state index contributed by atoms with van der Waals surface area (Å²) in [6, 6.07) is 26.1. The van der Waals surface area contributed by atoms with Crippen molar-refractivity contribution in [2.24, 2.45) is 0 Å². The van der Waals surface area contributed by atoms with Crippen molar-refractivity contribution in [3.63, 3.8) is 0 Å². The molecule has 9 heteroatoms. The molecule has 0 bridgehead atoms. The fraction of sp³-hybridized carbons (Fsp3) is 0.259. The average molecular weight is 604 g/mol. The fourth-order valence-corrected chi connectivity index (χ4v) is 3.41. The third kappa shape index (κ3) is 13.1. The summed E-state index contributed by atoms with van der Waals surface area (Å²) in [6.07, 6.45) is 1.47. The van der Waals surface area contributed by atoms with E-state index in [0.29, 0.717) is 5.02 Å². The SMILES string of the molecule is CCl.CNC(C)=O.CNC(C)=S.Cc1ccc(C(Cl)(c2ccccc2)c2ccccc2Cl)cc1.P=S. The maximum absolute atomic E-state index is 9.70. The van der Waals surface area contributed by atoms with Gasteiger partial charge in [0, 0.05) is 38.0 Å². The zero-order valence-corrected chi connectivity index (χ0v) is 26.3. The fourth-order valence-electron chi connectivity index (χ4n) is 2.67. The van der Waals surface area contributed by atoms with Crippen LogP contribution in [0.4, 0.5) is 0 Å². The van der Waals surface area contributed by atoms with E-state index in [4.69, 9.17) is 23.2 Å². The zero-order valence-electron chi connectivity index (χ0n) is 21.4. The predicted octanol–water partition coefficient (Wildman–Crippen LogP) is 7.93. The molecule has 36 heavy (non-hydrogen) atoms. The Morgan fingerprint density at radius 1 is 0.806 bits per heavy atom. The summed E-state index contributed by atoms with van der Waals surface area (Å²) in [6.45, 7) is 5.38. The van der Waals surface area contributed by atoms with Gasteiger partial charge in [-0.25, -0.2) is 0 Å². The Labute approximate surface area is 244 Å². The molecule has 3 nitrogen and oxygen atoms in total. The molecular formula is C27H34Cl3N2OPS2. The van der Waals surface area contributed by atoms with Crippen molar-refractivity contribution >= 4 is 77.7 Å². The number of amides is 1. The van der Waals surface area contributed by atoms with Gasteiger partial charge in [0.2, 0.25) is 5.91 Å². The normalized spacial score (nSPS) is 10.5. The highest BCUT2D eigenvalue weighted by atomic mass is 35.5. The molecule has 2 N–H and O–H groups in total. The van der Waals surface area contributed by atoms with Gasteiger partial charge in [0.25, 0.3) is 0 Å². The second-order valence-corrected chi connectivity index (χ2v) is 8.57. The Morgan fingerprint density at radius 2 is 1.19 bits per heavy atom. The first-order valence-electron chi connectivity index (χ1n) is 10.7. The van der Waals surface area contributed by atoms with Crippen LogP contribution in [0.5, 0.6) is 0 Å². The van der Waals surface area contributed by atoms with Crippen LogP contribution in [0.25, 0.3) is 0 Å². The first-order valence-corrected chi connectivity index (χ1v) is 14.2. The third-order valence-corrected chi connectivity index (χ3v) is 5.74. The van der Waals surface area contributed by atoms with E-state index in [2.05, 4.69) is 85.5 Å². The van der Waals surface area contributed by atoms with Crippen molar-refractivity contribution < 1.29 is 4.79 Å². The lowest BCUT2D eigenvalue weighted by Gasteiger charge is -2.30. The minimum Gasteiger partial charge on any atom is -0.383 e. The zero-order chi connectivity index (χ0) is 28.1. The van der Waals surface area contributed by atoms with E-state index in [1.807, 2.05) is 68.6 Å². The van der Waals surface area contributed by atoms with Gasteiger partial charge in [0.1, 0.15) is 4.87 Å². The van der Waals surface area contributed by atoms with Crippen molar-refractivity contribution in [1.82, 2.24) is 10.6 Å². The average Bonchev–Trinajstić information content (AvgIpc) is 2.92. The van der Waals surface area contributed by atoms with Gasteiger partial charge in [-0.3, -0.25) is 4.79 Å². The van der Waals surface area contributed by atoms with E-state index in [1.165, 1.54) is 18.9 Å². The van der Waals surface area contributed by atoms with Gasteiger partial charge >= 0.3 is 0 Å². The number of nitrogens with one attached hydrogen (secondary N) is 2. The highest BCUT2D eigenvalue weighted by Gasteiger charge is 2.35. The van der Waals surface area contributed by atoms with Crippen molar-refractivity contribution in [3.8, 4) is 0 Å². The minimum atomic E-state index is -0.798. The van der Waals surface area contributed by atoms with Crippen molar-refractivity contribution in [2.45, 2.75) is 25.6 Å². The number of thiocarbonyl (C=S) groups is 1. The van der Waals surface area contributed by atoms with Gasteiger partial charge in [-0.15, -0.1) is 23.2 Å². The minimum absolute atomic E-state index is 0.00463. The van der Waals surface area contributed by atoms with Gasteiger partial charge in [-0.1, -0.05) is 114 Å². The quantitative estimate of drug-likeness (QED) is 0.138. The molecule has 0 aliphatic heterocycles. The van der Waals surface area contributed by atoms with Crippen LogP contribution >= 0.6 is 55.0 Å². The summed E-state index contributed by atoms with van der Waals surface area (Å²) < 4.78 is 0. The molecule has 196 valence electrons. The highest BCUT2D eigenvalue weighted by molar-refractivity contribution is 7.88. The maximum Gasteiger partial charge on any atom is 0.216 e. The topological polar surface area (TPSA) is 41.1 Å². The molecule has 0 spiro atoms. The molecule has 0 saturated heterocycles. The molecule has 3 aromatic carbocycles. The number of hydrogen-bond donors (Lipinski definition) is 2. The van der Waals surface area contributed by atoms with E-state index < -0.39 is 4.87 Å². The molecular weight excluding hydrogens is 570 g/mol. The second-order valence-electron chi connectivity index (χ2n) is 6.98. The molecule has 0 heterocycles. The Hall–Kier alpha value is -1.59. The summed E-state index contributed by atoms with van der Waals surface area (Å²) in [7, 11) is 5.96. The number of halogens is 3. The van der Waals surface area contributed by atoms with Crippen molar-refractivity contribution in [1.29, 1.82) is 0 Å². The number of benzene rings is 3. The summed E-state index contributed by atoms with van der Waals surface area (Å²) in [5.74, 6) is 0.00463. The maximum atomic E-state index is 9.70. The Balaban J connectivity index is 0. The van der Waals surface area contributed by atoms with E-state index in [0.717, 1.165) is 21.7 Å². The van der Waals surface area contributed by atoms with Crippen molar-refractivity contribution in [3.05, 3.63) is 106 Å². The largest absolute Gasteiger partial charge is 0.383 e. The molecule has 1 unspecified atom stereocenters. The lowest BCUT2D eigenvalue weighted by Crippen LogP contribution is -2.22. The molecule has 0 radical (unpaired) electrons. The predicted molar refractivity (Wildman–Crippen MR) is 169 cm³/mol. The number of alkyl halides is 2.